The quantitative estimate of drug-likeness (QED) is 0.365. The van der Waals surface area contributed by atoms with E-state index >= 15 is 0 Å². The van der Waals surface area contributed by atoms with Crippen molar-refractivity contribution < 1.29 is 28.6 Å². The Balaban J connectivity index is 4.79. The van der Waals surface area contributed by atoms with E-state index in [1.807, 2.05) is 13.8 Å². The number of rotatable bonds is 9. The van der Waals surface area contributed by atoms with Gasteiger partial charge in [-0.2, -0.15) is 0 Å². The van der Waals surface area contributed by atoms with E-state index in [0.29, 0.717) is 12.8 Å². The standard InChI is InChI=1S/C14H24O6/c1-5-7-19-13(16)12(14(17)20-8-6-2)10(3)9-11(15)18-4/h10,12H,5-9H2,1-4H3/t10-/m1/s1. The summed E-state index contributed by atoms with van der Waals surface area (Å²) in [5.41, 5.74) is 0. The maximum Gasteiger partial charge on any atom is 0.320 e. The fourth-order valence-electron chi connectivity index (χ4n) is 1.61. The molecule has 0 saturated carbocycles. The van der Waals surface area contributed by atoms with Gasteiger partial charge in [-0.05, 0) is 18.8 Å². The third kappa shape index (κ3) is 6.54. The average molecular weight is 288 g/mol. The van der Waals surface area contributed by atoms with Crippen molar-refractivity contribution in [2.24, 2.45) is 11.8 Å². The van der Waals surface area contributed by atoms with Gasteiger partial charge in [0.2, 0.25) is 0 Å². The van der Waals surface area contributed by atoms with Crippen LogP contribution in [0.5, 0.6) is 0 Å². The Morgan fingerprint density at radius 1 is 0.950 bits per heavy atom. The van der Waals surface area contributed by atoms with E-state index in [-0.39, 0.29) is 19.6 Å². The molecule has 0 aliphatic carbocycles. The van der Waals surface area contributed by atoms with Crippen LogP contribution in [0, 0.1) is 11.8 Å². The largest absolute Gasteiger partial charge is 0.469 e. The molecule has 1 atom stereocenters. The molecule has 0 radical (unpaired) electrons. The highest BCUT2D eigenvalue weighted by atomic mass is 16.6. The summed E-state index contributed by atoms with van der Waals surface area (Å²) in [7, 11) is 1.26. The number of ether oxygens (including phenoxy) is 3. The fourth-order valence-corrected chi connectivity index (χ4v) is 1.61. The minimum Gasteiger partial charge on any atom is -0.469 e. The summed E-state index contributed by atoms with van der Waals surface area (Å²) in [6, 6.07) is 0. The van der Waals surface area contributed by atoms with Crippen molar-refractivity contribution in [2.45, 2.75) is 40.0 Å². The van der Waals surface area contributed by atoms with Gasteiger partial charge in [0.15, 0.2) is 5.92 Å². The predicted octanol–water partition coefficient (Wildman–Crippen LogP) is 1.71. The second kappa shape index (κ2) is 10.2. The normalized spacial score (nSPS) is 11.8. The van der Waals surface area contributed by atoms with Gasteiger partial charge in [-0.25, -0.2) is 0 Å². The molecule has 0 aromatic carbocycles. The minimum absolute atomic E-state index is 0.0381. The lowest BCUT2D eigenvalue weighted by Crippen LogP contribution is -2.34. The topological polar surface area (TPSA) is 78.9 Å². The smallest absolute Gasteiger partial charge is 0.320 e. The first-order valence-electron chi connectivity index (χ1n) is 6.87. The fraction of sp³-hybridized carbons (Fsp3) is 0.786. The van der Waals surface area contributed by atoms with Crippen molar-refractivity contribution in [1.82, 2.24) is 0 Å². The first-order chi connectivity index (χ1) is 9.47. The molecule has 0 fully saturated rings. The first-order valence-corrected chi connectivity index (χ1v) is 6.87. The summed E-state index contributed by atoms with van der Waals surface area (Å²) in [6.45, 7) is 5.82. The van der Waals surface area contributed by atoms with Crippen molar-refractivity contribution in [3.8, 4) is 0 Å². The van der Waals surface area contributed by atoms with Crippen molar-refractivity contribution in [3.63, 3.8) is 0 Å². The van der Waals surface area contributed by atoms with E-state index in [1.165, 1.54) is 7.11 Å². The number of esters is 3. The Bertz CT molecular complexity index is 306. The zero-order valence-electron chi connectivity index (χ0n) is 12.6. The van der Waals surface area contributed by atoms with Gasteiger partial charge in [-0.15, -0.1) is 0 Å². The monoisotopic (exact) mass is 288 g/mol. The zero-order valence-corrected chi connectivity index (χ0v) is 12.6. The molecule has 0 unspecified atom stereocenters. The highest BCUT2D eigenvalue weighted by molar-refractivity contribution is 5.95. The molecule has 0 aromatic heterocycles. The summed E-state index contributed by atoms with van der Waals surface area (Å²) in [4.78, 5) is 35.2. The van der Waals surface area contributed by atoms with E-state index in [9.17, 15) is 14.4 Å². The molecule has 0 aromatic rings. The highest BCUT2D eigenvalue weighted by Crippen LogP contribution is 2.20. The molecular weight excluding hydrogens is 264 g/mol. The number of hydrogen-bond acceptors (Lipinski definition) is 6. The molecule has 0 rings (SSSR count). The Labute approximate surface area is 119 Å². The van der Waals surface area contributed by atoms with Crippen LogP contribution in [0.3, 0.4) is 0 Å². The van der Waals surface area contributed by atoms with Crippen LogP contribution in [0.15, 0.2) is 0 Å². The molecule has 0 amide bonds. The van der Waals surface area contributed by atoms with Gasteiger partial charge in [-0.3, -0.25) is 14.4 Å². The van der Waals surface area contributed by atoms with Crippen molar-refractivity contribution in [3.05, 3.63) is 0 Å². The van der Waals surface area contributed by atoms with E-state index in [1.54, 1.807) is 6.92 Å². The predicted molar refractivity (Wildman–Crippen MR) is 71.8 cm³/mol. The molecule has 0 N–H and O–H groups in total. The number of carbonyl (C=O) groups excluding carboxylic acids is 3. The van der Waals surface area contributed by atoms with Gasteiger partial charge in [0.1, 0.15) is 0 Å². The summed E-state index contributed by atoms with van der Waals surface area (Å²) >= 11 is 0. The molecule has 0 aliphatic heterocycles. The Hall–Kier alpha value is -1.59. The van der Waals surface area contributed by atoms with Crippen LogP contribution in [0.4, 0.5) is 0 Å². The van der Waals surface area contributed by atoms with Gasteiger partial charge in [-0.1, -0.05) is 20.8 Å². The third-order valence-corrected chi connectivity index (χ3v) is 2.69. The molecule has 0 heterocycles. The SMILES string of the molecule is CCCOC(=O)C(C(=O)OCCC)[C@H](C)CC(=O)OC. The van der Waals surface area contributed by atoms with Crippen molar-refractivity contribution in [1.29, 1.82) is 0 Å². The highest BCUT2D eigenvalue weighted by Gasteiger charge is 2.36. The number of carbonyl (C=O) groups is 3. The molecule has 6 heteroatoms. The van der Waals surface area contributed by atoms with Crippen LogP contribution in [0.2, 0.25) is 0 Å². The van der Waals surface area contributed by atoms with Gasteiger partial charge in [0, 0.05) is 6.42 Å². The second-order valence-electron chi connectivity index (χ2n) is 4.57. The zero-order chi connectivity index (χ0) is 15.5. The van der Waals surface area contributed by atoms with Crippen molar-refractivity contribution in [2.75, 3.05) is 20.3 Å². The molecular formula is C14H24O6. The molecule has 6 nitrogen and oxygen atoms in total. The van der Waals surface area contributed by atoms with Crippen LogP contribution in [0.25, 0.3) is 0 Å². The Morgan fingerprint density at radius 2 is 1.40 bits per heavy atom. The Kier molecular flexibility index (Phi) is 9.41. The molecule has 116 valence electrons. The number of hydrogen-bond donors (Lipinski definition) is 0. The third-order valence-electron chi connectivity index (χ3n) is 2.69. The minimum atomic E-state index is -1.09. The van der Waals surface area contributed by atoms with Crippen molar-refractivity contribution >= 4 is 17.9 Å². The van der Waals surface area contributed by atoms with Crippen LogP contribution >= 0.6 is 0 Å². The molecule has 0 aliphatic rings. The molecule has 0 saturated heterocycles. The van der Waals surface area contributed by atoms with Crippen LogP contribution in [0.1, 0.15) is 40.0 Å². The van der Waals surface area contributed by atoms with E-state index in [0.717, 1.165) is 0 Å². The number of methoxy groups -OCH3 is 1. The molecule has 20 heavy (non-hydrogen) atoms. The van der Waals surface area contributed by atoms with Gasteiger partial charge >= 0.3 is 17.9 Å². The summed E-state index contributed by atoms with van der Waals surface area (Å²) in [5, 5.41) is 0. The Morgan fingerprint density at radius 3 is 1.75 bits per heavy atom. The lowest BCUT2D eigenvalue weighted by molar-refractivity contribution is -0.165. The summed E-state index contributed by atoms with van der Waals surface area (Å²) in [6.07, 6.45) is 1.28. The van der Waals surface area contributed by atoms with Gasteiger partial charge in [0.05, 0.1) is 20.3 Å². The maximum atomic E-state index is 11.9. The first kappa shape index (κ1) is 18.4. The summed E-state index contributed by atoms with van der Waals surface area (Å²) in [5.74, 6) is -3.40. The summed E-state index contributed by atoms with van der Waals surface area (Å²) < 4.78 is 14.5. The molecule has 0 bridgehead atoms. The van der Waals surface area contributed by atoms with Crippen LogP contribution in [-0.4, -0.2) is 38.2 Å². The van der Waals surface area contributed by atoms with E-state index in [2.05, 4.69) is 4.74 Å². The van der Waals surface area contributed by atoms with Gasteiger partial charge < -0.3 is 14.2 Å². The van der Waals surface area contributed by atoms with Crippen LogP contribution in [-0.2, 0) is 28.6 Å². The lowest BCUT2D eigenvalue weighted by atomic mass is 9.91. The van der Waals surface area contributed by atoms with Gasteiger partial charge in [0.25, 0.3) is 0 Å². The van der Waals surface area contributed by atoms with E-state index in [4.69, 9.17) is 9.47 Å². The maximum absolute atomic E-state index is 11.9. The average Bonchev–Trinajstić information content (AvgIpc) is 2.42. The van der Waals surface area contributed by atoms with E-state index < -0.39 is 29.7 Å². The molecule has 0 spiro atoms. The lowest BCUT2D eigenvalue weighted by Gasteiger charge is -2.20. The van der Waals surface area contributed by atoms with Crippen LogP contribution < -0.4 is 0 Å². The second-order valence-corrected chi connectivity index (χ2v) is 4.57.